The molecule has 1 aromatic heterocycles. The summed E-state index contributed by atoms with van der Waals surface area (Å²) in [7, 11) is 1.20. The zero-order chi connectivity index (χ0) is 12.4. The van der Waals surface area contributed by atoms with E-state index in [1.807, 2.05) is 0 Å². The second-order valence-electron chi connectivity index (χ2n) is 3.32. The van der Waals surface area contributed by atoms with Gasteiger partial charge in [0.1, 0.15) is 5.52 Å². The van der Waals surface area contributed by atoms with E-state index in [-0.39, 0.29) is 0 Å². The van der Waals surface area contributed by atoms with Crippen LogP contribution in [0.25, 0.3) is 11.0 Å². The molecule has 1 unspecified atom stereocenters. The van der Waals surface area contributed by atoms with E-state index in [0.29, 0.717) is 21.6 Å². The van der Waals surface area contributed by atoms with Crippen molar-refractivity contribution in [3.63, 3.8) is 0 Å². The van der Waals surface area contributed by atoms with Gasteiger partial charge in [-0.05, 0) is 6.07 Å². The molecule has 0 aliphatic heterocycles. The molecule has 0 fully saturated rings. The molecule has 0 saturated carbocycles. The van der Waals surface area contributed by atoms with Gasteiger partial charge in [-0.1, -0.05) is 17.7 Å². The summed E-state index contributed by atoms with van der Waals surface area (Å²) in [5.41, 5.74) is 1.15. The number of ether oxygens (including phenoxy) is 1. The second-order valence-corrected chi connectivity index (χ2v) is 3.72. The lowest BCUT2D eigenvalue weighted by Gasteiger charge is -2.11. The quantitative estimate of drug-likeness (QED) is 0.820. The first-order chi connectivity index (χ1) is 8.15. The molecule has 0 saturated heterocycles. The lowest BCUT2D eigenvalue weighted by atomic mass is 10.1. The summed E-state index contributed by atoms with van der Waals surface area (Å²) in [5.74, 6) is -0.751. The molecule has 17 heavy (non-hydrogen) atoms. The molecule has 1 atom stereocenters. The van der Waals surface area contributed by atoms with Gasteiger partial charge in [0.15, 0.2) is 6.10 Å². The van der Waals surface area contributed by atoms with Crippen LogP contribution in [0.15, 0.2) is 24.5 Å². The van der Waals surface area contributed by atoms with E-state index in [1.54, 1.807) is 6.07 Å². The van der Waals surface area contributed by atoms with Crippen molar-refractivity contribution < 1.29 is 14.6 Å². The maximum atomic E-state index is 11.3. The molecule has 6 heteroatoms. The number of methoxy groups -OCH3 is 1. The van der Waals surface area contributed by atoms with Crippen LogP contribution in [-0.2, 0) is 9.53 Å². The van der Waals surface area contributed by atoms with Crippen LogP contribution in [-0.4, -0.2) is 28.2 Å². The van der Waals surface area contributed by atoms with Crippen molar-refractivity contribution in [2.75, 3.05) is 7.11 Å². The number of aliphatic hydroxyl groups is 1. The van der Waals surface area contributed by atoms with Gasteiger partial charge in [0.2, 0.25) is 0 Å². The molecule has 0 amide bonds. The summed E-state index contributed by atoms with van der Waals surface area (Å²) in [6.45, 7) is 0. The molecule has 0 radical (unpaired) electrons. The average molecular weight is 253 g/mol. The largest absolute Gasteiger partial charge is 0.467 e. The molecule has 2 aromatic rings. The van der Waals surface area contributed by atoms with Crippen LogP contribution in [0.4, 0.5) is 0 Å². The first kappa shape index (κ1) is 11.8. The predicted octanol–water partition coefficient (Wildman–Crippen LogP) is 1.49. The molecular formula is C11H9ClN2O3. The number of hydrogen-bond donors (Lipinski definition) is 1. The molecule has 1 aromatic carbocycles. The van der Waals surface area contributed by atoms with E-state index in [1.165, 1.54) is 25.6 Å². The van der Waals surface area contributed by atoms with Crippen LogP contribution >= 0.6 is 11.6 Å². The molecule has 88 valence electrons. The van der Waals surface area contributed by atoms with Crippen molar-refractivity contribution in [2.45, 2.75) is 6.10 Å². The number of rotatable bonds is 2. The van der Waals surface area contributed by atoms with Gasteiger partial charge in [0.25, 0.3) is 0 Å². The summed E-state index contributed by atoms with van der Waals surface area (Å²) in [6, 6.07) is 3.08. The Morgan fingerprint density at radius 2 is 2.00 bits per heavy atom. The second kappa shape index (κ2) is 4.65. The summed E-state index contributed by atoms with van der Waals surface area (Å²) >= 11 is 5.95. The van der Waals surface area contributed by atoms with Crippen molar-refractivity contribution in [1.29, 1.82) is 0 Å². The van der Waals surface area contributed by atoms with Crippen LogP contribution in [0.1, 0.15) is 11.7 Å². The smallest absolute Gasteiger partial charge is 0.339 e. The number of aliphatic hydroxyl groups excluding tert-OH is 1. The van der Waals surface area contributed by atoms with Crippen molar-refractivity contribution in [3.05, 3.63) is 35.1 Å². The van der Waals surface area contributed by atoms with Gasteiger partial charge in [-0.3, -0.25) is 9.97 Å². The van der Waals surface area contributed by atoms with Gasteiger partial charge in [-0.15, -0.1) is 0 Å². The zero-order valence-corrected chi connectivity index (χ0v) is 9.68. The highest BCUT2D eigenvalue weighted by Gasteiger charge is 2.21. The molecule has 0 spiro atoms. The topological polar surface area (TPSA) is 72.3 Å². The first-order valence-corrected chi connectivity index (χ1v) is 5.18. The molecule has 1 N–H and O–H groups in total. The highest BCUT2D eigenvalue weighted by Crippen LogP contribution is 2.27. The van der Waals surface area contributed by atoms with Crippen molar-refractivity contribution in [3.8, 4) is 0 Å². The zero-order valence-electron chi connectivity index (χ0n) is 8.92. The minimum atomic E-state index is -1.39. The number of nitrogens with zero attached hydrogens (tertiary/aromatic N) is 2. The highest BCUT2D eigenvalue weighted by atomic mass is 35.5. The number of fused-ring (bicyclic) bond motifs is 1. The van der Waals surface area contributed by atoms with Crippen molar-refractivity contribution in [1.82, 2.24) is 9.97 Å². The maximum absolute atomic E-state index is 11.3. The molecule has 0 aliphatic carbocycles. The minimum absolute atomic E-state index is 0.323. The maximum Gasteiger partial charge on any atom is 0.339 e. The molecule has 5 nitrogen and oxygen atoms in total. The third kappa shape index (κ3) is 2.07. The van der Waals surface area contributed by atoms with Crippen molar-refractivity contribution in [2.24, 2.45) is 0 Å². The highest BCUT2D eigenvalue weighted by molar-refractivity contribution is 6.35. The summed E-state index contributed by atoms with van der Waals surface area (Å²) in [6.07, 6.45) is 1.56. The van der Waals surface area contributed by atoms with E-state index >= 15 is 0 Å². The third-order valence-corrected chi connectivity index (χ3v) is 2.63. The lowest BCUT2D eigenvalue weighted by Crippen LogP contribution is -2.14. The Morgan fingerprint density at radius 1 is 1.35 bits per heavy atom. The standard InChI is InChI=1S/C11H9ClN2O3/c1-17-11(16)10(15)6-2-3-7(12)9-8(6)13-4-5-14-9/h2-5,10,15H,1H3. The van der Waals surface area contributed by atoms with Crippen molar-refractivity contribution >= 4 is 28.6 Å². The Balaban J connectivity index is 2.63. The number of hydrogen-bond acceptors (Lipinski definition) is 5. The van der Waals surface area contributed by atoms with Gasteiger partial charge < -0.3 is 9.84 Å². The Hall–Kier alpha value is -1.72. The monoisotopic (exact) mass is 252 g/mol. The number of benzene rings is 1. The normalized spacial score (nSPS) is 12.4. The molecule has 1 heterocycles. The first-order valence-electron chi connectivity index (χ1n) is 4.80. The fourth-order valence-electron chi connectivity index (χ4n) is 1.50. The fraction of sp³-hybridized carbons (Fsp3) is 0.182. The number of carbonyl (C=O) groups is 1. The van der Waals surface area contributed by atoms with E-state index in [2.05, 4.69) is 14.7 Å². The van der Waals surface area contributed by atoms with Gasteiger partial charge in [-0.2, -0.15) is 0 Å². The third-order valence-electron chi connectivity index (χ3n) is 2.33. The Labute approximate surface area is 102 Å². The Morgan fingerprint density at radius 3 is 2.65 bits per heavy atom. The summed E-state index contributed by atoms with van der Waals surface area (Å²) < 4.78 is 4.48. The predicted molar refractivity (Wildman–Crippen MR) is 61.5 cm³/mol. The van der Waals surface area contributed by atoms with Gasteiger partial charge >= 0.3 is 5.97 Å². The van der Waals surface area contributed by atoms with Crippen LogP contribution in [0.2, 0.25) is 5.02 Å². The van der Waals surface area contributed by atoms with E-state index in [9.17, 15) is 9.90 Å². The van der Waals surface area contributed by atoms with E-state index in [4.69, 9.17) is 11.6 Å². The van der Waals surface area contributed by atoms with E-state index in [0.717, 1.165) is 0 Å². The van der Waals surface area contributed by atoms with E-state index < -0.39 is 12.1 Å². The Kier molecular flexibility index (Phi) is 3.21. The van der Waals surface area contributed by atoms with Gasteiger partial charge in [-0.25, -0.2) is 4.79 Å². The van der Waals surface area contributed by atoms with Crippen LogP contribution in [0.3, 0.4) is 0 Å². The molecule has 2 rings (SSSR count). The average Bonchev–Trinajstić information content (AvgIpc) is 2.38. The Bertz CT molecular complexity index is 574. The number of esters is 1. The molecule has 0 bridgehead atoms. The number of carbonyl (C=O) groups excluding carboxylic acids is 1. The fourth-order valence-corrected chi connectivity index (χ4v) is 1.71. The minimum Gasteiger partial charge on any atom is -0.467 e. The van der Waals surface area contributed by atoms with Crippen LogP contribution < -0.4 is 0 Å². The summed E-state index contributed by atoms with van der Waals surface area (Å²) in [5, 5.41) is 10.2. The molecule has 0 aliphatic rings. The lowest BCUT2D eigenvalue weighted by molar-refractivity contribution is -0.150. The number of aromatic nitrogens is 2. The summed E-state index contributed by atoms with van der Waals surface area (Å²) in [4.78, 5) is 19.4. The van der Waals surface area contributed by atoms with Gasteiger partial charge in [0, 0.05) is 18.0 Å². The van der Waals surface area contributed by atoms with Crippen LogP contribution in [0, 0.1) is 0 Å². The number of halogens is 1. The SMILES string of the molecule is COC(=O)C(O)c1ccc(Cl)c2nccnc12. The van der Waals surface area contributed by atoms with Crippen LogP contribution in [0.5, 0.6) is 0 Å². The molecular weight excluding hydrogens is 244 g/mol. The van der Waals surface area contributed by atoms with Gasteiger partial charge in [0.05, 0.1) is 17.6 Å².